The lowest BCUT2D eigenvalue weighted by Gasteiger charge is -2.39. The van der Waals surface area contributed by atoms with Gasteiger partial charge in [0.15, 0.2) is 13.9 Å². The fourth-order valence-electron chi connectivity index (χ4n) is 3.03. The van der Waals surface area contributed by atoms with Gasteiger partial charge >= 0.3 is 5.97 Å². The van der Waals surface area contributed by atoms with Gasteiger partial charge in [0.2, 0.25) is 0 Å². The zero-order valence-corrected chi connectivity index (χ0v) is 20.5. The van der Waals surface area contributed by atoms with E-state index in [0.29, 0.717) is 18.4 Å². The van der Waals surface area contributed by atoms with Crippen molar-refractivity contribution in [3.8, 4) is 0 Å². The molecule has 0 saturated heterocycles. The molecule has 0 aliphatic heterocycles. The minimum atomic E-state index is -1.69. The zero-order valence-electron chi connectivity index (χ0n) is 19.5. The lowest BCUT2D eigenvalue weighted by atomic mass is 9.82. The molecule has 160 valence electrons. The second kappa shape index (κ2) is 8.96. The molecule has 1 rings (SSSR count). The first-order valence-corrected chi connectivity index (χ1v) is 13.5. The zero-order chi connectivity index (χ0) is 21.1. The highest BCUT2D eigenvalue weighted by atomic mass is 28.4. The summed E-state index contributed by atoms with van der Waals surface area (Å²) in [6, 6.07) is 0. The molecule has 0 unspecified atom stereocenters. The van der Waals surface area contributed by atoms with Gasteiger partial charge in [-0.1, -0.05) is 27.2 Å². The molecule has 5 heteroatoms. The van der Waals surface area contributed by atoms with Crippen molar-refractivity contribution in [2.75, 3.05) is 13.2 Å². The summed E-state index contributed by atoms with van der Waals surface area (Å²) in [7, 11) is -1.69. The van der Waals surface area contributed by atoms with E-state index < -0.39 is 19.5 Å². The molecular formula is C22H44O4Si. The maximum Gasteiger partial charge on any atom is 0.338 e. The molecule has 1 saturated carbocycles. The second-order valence-corrected chi connectivity index (χ2v) is 16.1. The van der Waals surface area contributed by atoms with Crippen LogP contribution in [0.25, 0.3) is 0 Å². The molecule has 2 atom stereocenters. The van der Waals surface area contributed by atoms with Gasteiger partial charge < -0.3 is 13.9 Å². The summed E-state index contributed by atoms with van der Waals surface area (Å²) in [6.45, 7) is 22.2. The third kappa shape index (κ3) is 8.24. The molecule has 27 heavy (non-hydrogen) atoms. The number of carbonyl (C=O) groups excluding carboxylic acids is 1. The molecule has 0 aromatic rings. The van der Waals surface area contributed by atoms with Gasteiger partial charge in [-0.3, -0.25) is 0 Å². The van der Waals surface area contributed by atoms with Crippen LogP contribution in [0.1, 0.15) is 81.1 Å². The molecule has 0 aromatic heterocycles. The monoisotopic (exact) mass is 400 g/mol. The molecule has 1 aliphatic rings. The summed E-state index contributed by atoms with van der Waals surface area (Å²) in [5.74, 6) is 0.809. The molecule has 0 bridgehead atoms. The highest BCUT2D eigenvalue weighted by Gasteiger charge is 2.38. The van der Waals surface area contributed by atoms with E-state index in [2.05, 4.69) is 33.9 Å². The van der Waals surface area contributed by atoms with Crippen LogP contribution in [-0.2, 0) is 18.7 Å². The van der Waals surface area contributed by atoms with Crippen LogP contribution in [0.4, 0.5) is 0 Å². The van der Waals surface area contributed by atoms with Gasteiger partial charge in [-0.25, -0.2) is 4.79 Å². The molecule has 1 aliphatic carbocycles. The fourth-order valence-corrected chi connectivity index (χ4v) is 4.12. The van der Waals surface area contributed by atoms with E-state index in [-0.39, 0.29) is 11.0 Å². The van der Waals surface area contributed by atoms with Crippen molar-refractivity contribution < 1.29 is 18.7 Å². The lowest BCUT2D eigenvalue weighted by Crippen LogP contribution is -2.43. The Kier molecular flexibility index (Phi) is 8.18. The highest BCUT2D eigenvalue weighted by Crippen LogP contribution is 2.38. The third-order valence-corrected chi connectivity index (χ3v) is 10.4. The topological polar surface area (TPSA) is 44.8 Å². The average Bonchev–Trinajstić information content (AvgIpc) is 2.49. The Morgan fingerprint density at radius 3 is 1.93 bits per heavy atom. The van der Waals surface area contributed by atoms with Crippen LogP contribution < -0.4 is 0 Å². The van der Waals surface area contributed by atoms with Gasteiger partial charge in [0.1, 0.15) is 5.60 Å². The van der Waals surface area contributed by atoms with Crippen molar-refractivity contribution in [3.63, 3.8) is 0 Å². The van der Waals surface area contributed by atoms with Crippen molar-refractivity contribution in [2.45, 2.75) is 110 Å². The number of hydrogen-bond acceptors (Lipinski definition) is 4. The summed E-state index contributed by atoms with van der Waals surface area (Å²) < 4.78 is 18.0. The standard InChI is InChI=1S/C22H44O4Si/c1-20(2,3)26-19(23)22(7,8)24-15-17-12-11-13-18(14-17)16-25-27(9,10)21(4,5)6/h17-18H,11-16H2,1-10H3/t17-,18+/m0/s1. The lowest BCUT2D eigenvalue weighted by molar-refractivity contribution is -0.181. The van der Waals surface area contributed by atoms with E-state index >= 15 is 0 Å². The first-order chi connectivity index (χ1) is 12.0. The van der Waals surface area contributed by atoms with E-state index in [9.17, 15) is 4.79 Å². The fraction of sp³-hybridized carbons (Fsp3) is 0.955. The Morgan fingerprint density at radius 2 is 1.44 bits per heavy atom. The summed E-state index contributed by atoms with van der Waals surface area (Å²) >= 11 is 0. The summed E-state index contributed by atoms with van der Waals surface area (Å²) in [4.78, 5) is 12.4. The molecule has 0 radical (unpaired) electrons. The molecule has 1 fully saturated rings. The minimum Gasteiger partial charge on any atom is -0.458 e. The van der Waals surface area contributed by atoms with Crippen molar-refractivity contribution >= 4 is 14.3 Å². The van der Waals surface area contributed by atoms with Crippen molar-refractivity contribution in [3.05, 3.63) is 0 Å². The predicted octanol–water partition coefficient (Wildman–Crippen LogP) is 5.95. The molecule has 0 spiro atoms. The van der Waals surface area contributed by atoms with Gasteiger partial charge in [0, 0.05) is 6.61 Å². The quantitative estimate of drug-likeness (QED) is 0.391. The molecule has 4 nitrogen and oxygen atoms in total. The SMILES string of the molecule is CC(C)(C)OC(=O)C(C)(C)OC[C@H]1CCC[C@@H](CO[Si](C)(C)C(C)(C)C)C1. The van der Waals surface area contributed by atoms with Crippen molar-refractivity contribution in [1.29, 1.82) is 0 Å². The van der Waals surface area contributed by atoms with Crippen LogP contribution >= 0.6 is 0 Å². The van der Waals surface area contributed by atoms with Crippen LogP contribution in [0.15, 0.2) is 0 Å². The molecule has 0 N–H and O–H groups in total. The number of ether oxygens (including phenoxy) is 2. The molecule has 0 amide bonds. The first kappa shape index (κ1) is 24.6. The Hall–Kier alpha value is -0.393. The maximum absolute atomic E-state index is 12.4. The number of carbonyl (C=O) groups is 1. The van der Waals surface area contributed by atoms with Gasteiger partial charge in [-0.2, -0.15) is 0 Å². The summed E-state index contributed by atoms with van der Waals surface area (Å²) in [6.07, 6.45) is 4.74. The van der Waals surface area contributed by atoms with E-state index in [4.69, 9.17) is 13.9 Å². The summed E-state index contributed by atoms with van der Waals surface area (Å²) in [5, 5.41) is 0.252. The maximum atomic E-state index is 12.4. The Bertz CT molecular complexity index is 486. The average molecular weight is 401 g/mol. The van der Waals surface area contributed by atoms with Crippen molar-refractivity contribution in [1.82, 2.24) is 0 Å². The van der Waals surface area contributed by atoms with Gasteiger partial charge in [-0.15, -0.1) is 0 Å². The number of esters is 1. The smallest absolute Gasteiger partial charge is 0.338 e. The van der Waals surface area contributed by atoms with E-state index in [1.54, 1.807) is 0 Å². The van der Waals surface area contributed by atoms with Gasteiger partial charge in [-0.05, 0) is 83.8 Å². The Morgan fingerprint density at radius 1 is 0.926 bits per heavy atom. The third-order valence-electron chi connectivity index (χ3n) is 5.95. The van der Waals surface area contributed by atoms with Crippen LogP contribution in [-0.4, -0.2) is 38.7 Å². The predicted molar refractivity (Wildman–Crippen MR) is 114 cm³/mol. The minimum absolute atomic E-state index is 0.252. The number of hydrogen-bond donors (Lipinski definition) is 0. The Labute approximate surface area is 168 Å². The first-order valence-electron chi connectivity index (χ1n) is 10.5. The second-order valence-electron chi connectivity index (χ2n) is 11.3. The Balaban J connectivity index is 2.50. The number of rotatable bonds is 7. The van der Waals surface area contributed by atoms with Crippen LogP contribution in [0.2, 0.25) is 18.1 Å². The van der Waals surface area contributed by atoms with Crippen LogP contribution in [0, 0.1) is 11.8 Å². The van der Waals surface area contributed by atoms with Gasteiger partial charge in [0.25, 0.3) is 0 Å². The summed E-state index contributed by atoms with van der Waals surface area (Å²) in [5.41, 5.74) is -1.40. The van der Waals surface area contributed by atoms with Crippen molar-refractivity contribution in [2.24, 2.45) is 11.8 Å². The van der Waals surface area contributed by atoms with E-state index in [1.807, 2.05) is 34.6 Å². The van der Waals surface area contributed by atoms with E-state index in [0.717, 1.165) is 13.0 Å². The molecule has 0 aromatic carbocycles. The molecular weight excluding hydrogens is 356 g/mol. The normalized spacial score (nSPS) is 22.6. The largest absolute Gasteiger partial charge is 0.458 e. The van der Waals surface area contributed by atoms with E-state index in [1.165, 1.54) is 19.3 Å². The van der Waals surface area contributed by atoms with Crippen LogP contribution in [0.5, 0.6) is 0 Å². The highest BCUT2D eigenvalue weighted by molar-refractivity contribution is 6.74. The molecule has 0 heterocycles. The van der Waals surface area contributed by atoms with Crippen LogP contribution in [0.3, 0.4) is 0 Å². The van der Waals surface area contributed by atoms with Gasteiger partial charge in [0.05, 0.1) is 6.61 Å².